The Morgan fingerprint density at radius 1 is 0.951 bits per heavy atom. The average Bonchev–Trinajstić information content (AvgIpc) is 3.40. The van der Waals surface area contributed by atoms with Crippen LogP contribution in [0, 0.1) is 6.92 Å². The average molecular weight is 609 g/mol. The number of nitrogens with zero attached hydrogens (tertiary/aromatic N) is 4. The molecule has 1 saturated heterocycles. The third-order valence-corrected chi connectivity index (χ3v) is 9.09. The van der Waals surface area contributed by atoms with Crippen LogP contribution in [0.15, 0.2) is 78.0 Å². The number of carbonyl (C=O) groups is 1. The van der Waals surface area contributed by atoms with Gasteiger partial charge in [-0.1, -0.05) is 95.1 Å². The number of halogens is 2. The van der Waals surface area contributed by atoms with Crippen LogP contribution in [0.1, 0.15) is 43.2 Å². The van der Waals surface area contributed by atoms with Gasteiger partial charge in [0.2, 0.25) is 5.91 Å². The van der Waals surface area contributed by atoms with E-state index in [9.17, 15) is 4.79 Å². The van der Waals surface area contributed by atoms with Gasteiger partial charge >= 0.3 is 0 Å². The molecular weight excluding hydrogens is 573 g/mol. The van der Waals surface area contributed by atoms with Crippen molar-refractivity contribution < 1.29 is 4.79 Å². The van der Waals surface area contributed by atoms with E-state index in [4.69, 9.17) is 23.2 Å². The van der Waals surface area contributed by atoms with Crippen molar-refractivity contribution >= 4 is 40.9 Å². The predicted molar refractivity (Wildman–Crippen MR) is 169 cm³/mol. The monoisotopic (exact) mass is 607 g/mol. The summed E-state index contributed by atoms with van der Waals surface area (Å²) in [5.74, 6) is 1.73. The highest BCUT2D eigenvalue weighted by Crippen LogP contribution is 2.32. The summed E-state index contributed by atoms with van der Waals surface area (Å²) in [4.78, 5) is 15.1. The molecule has 0 unspecified atom stereocenters. The first kappa shape index (κ1) is 29.6. The van der Waals surface area contributed by atoms with Gasteiger partial charge in [-0.25, -0.2) is 0 Å². The van der Waals surface area contributed by atoms with Crippen molar-refractivity contribution in [1.82, 2.24) is 25.0 Å². The summed E-state index contributed by atoms with van der Waals surface area (Å²) in [5, 5.41) is 14.0. The van der Waals surface area contributed by atoms with Gasteiger partial charge in [0.15, 0.2) is 11.0 Å². The molecule has 0 saturated carbocycles. The number of nitrogens with one attached hydrogen (secondary N) is 1. The highest BCUT2D eigenvalue weighted by Gasteiger charge is 2.21. The summed E-state index contributed by atoms with van der Waals surface area (Å²) in [7, 11) is 0. The quantitative estimate of drug-likeness (QED) is 0.140. The molecule has 1 amide bonds. The molecule has 5 rings (SSSR count). The number of carbonyl (C=O) groups excluding carboxylic acids is 1. The maximum atomic E-state index is 12.6. The fraction of sp³-hybridized carbons (Fsp3) is 0.344. The Balaban J connectivity index is 1.10. The molecule has 1 aliphatic heterocycles. The number of benzene rings is 3. The Bertz CT molecular complexity index is 1440. The van der Waals surface area contributed by atoms with Crippen molar-refractivity contribution in [3.8, 4) is 17.1 Å². The van der Waals surface area contributed by atoms with Crippen LogP contribution < -0.4 is 5.32 Å². The topological polar surface area (TPSA) is 63.1 Å². The largest absolute Gasteiger partial charge is 0.353 e. The number of likely N-dealkylation sites (tertiary alicyclic amines) is 1. The summed E-state index contributed by atoms with van der Waals surface area (Å²) in [6.45, 7) is 5.07. The Labute approximate surface area is 256 Å². The van der Waals surface area contributed by atoms with Crippen molar-refractivity contribution in [3.05, 3.63) is 94.0 Å². The molecule has 1 aromatic heterocycles. The molecule has 41 heavy (non-hydrogen) atoms. The standard InChI is InChI=1S/C32H35Cl2N5OS/c1-23-10-12-25(13-11-23)31-36-37-32(39(31)27-14-15-28(33)29(34)21-27)41-20-6-5-9-30(40)35-26-16-18-38(19-17-26)22-24-7-3-2-4-8-24/h2-4,7-8,10-15,21,26H,5-6,9,16-20,22H2,1H3,(H,35,40). The zero-order chi connectivity index (χ0) is 28.6. The number of aromatic nitrogens is 3. The SMILES string of the molecule is Cc1ccc(-c2nnc(SCCCCC(=O)NC3CCN(Cc4ccccc4)CC3)n2-c2ccc(Cl)c(Cl)c2)cc1. The first-order chi connectivity index (χ1) is 20.0. The van der Waals surface area contributed by atoms with Gasteiger partial charge in [-0.3, -0.25) is 14.3 Å². The predicted octanol–water partition coefficient (Wildman–Crippen LogP) is 7.59. The normalized spacial score (nSPS) is 14.3. The summed E-state index contributed by atoms with van der Waals surface area (Å²) in [5.41, 5.74) is 4.36. The van der Waals surface area contributed by atoms with E-state index in [0.29, 0.717) is 16.5 Å². The number of hydrogen-bond donors (Lipinski definition) is 1. The highest BCUT2D eigenvalue weighted by molar-refractivity contribution is 7.99. The second-order valence-electron chi connectivity index (χ2n) is 10.5. The van der Waals surface area contributed by atoms with E-state index >= 15 is 0 Å². The van der Waals surface area contributed by atoms with Gasteiger partial charge in [-0.15, -0.1) is 10.2 Å². The molecule has 2 heterocycles. The second-order valence-corrected chi connectivity index (χ2v) is 12.4. The van der Waals surface area contributed by atoms with Gasteiger partial charge in [-0.2, -0.15) is 0 Å². The third kappa shape index (κ3) is 8.13. The van der Waals surface area contributed by atoms with Crippen LogP contribution in [0.2, 0.25) is 10.0 Å². The molecule has 3 aromatic carbocycles. The van der Waals surface area contributed by atoms with Gasteiger partial charge in [0.05, 0.1) is 15.7 Å². The van der Waals surface area contributed by atoms with E-state index in [1.165, 1.54) is 11.1 Å². The number of thioether (sulfide) groups is 1. The highest BCUT2D eigenvalue weighted by atomic mass is 35.5. The molecule has 1 N–H and O–H groups in total. The first-order valence-corrected chi connectivity index (χ1v) is 15.9. The van der Waals surface area contributed by atoms with Gasteiger partial charge in [0.25, 0.3) is 0 Å². The molecule has 9 heteroatoms. The van der Waals surface area contributed by atoms with Crippen molar-refractivity contribution in [3.63, 3.8) is 0 Å². The van der Waals surface area contributed by atoms with Gasteiger partial charge in [0.1, 0.15) is 0 Å². The van der Waals surface area contributed by atoms with E-state index in [1.807, 2.05) is 28.8 Å². The van der Waals surface area contributed by atoms with Crippen molar-refractivity contribution in [2.75, 3.05) is 18.8 Å². The number of piperidine rings is 1. The lowest BCUT2D eigenvalue weighted by Gasteiger charge is -2.32. The summed E-state index contributed by atoms with van der Waals surface area (Å²) >= 11 is 14.2. The van der Waals surface area contributed by atoms with E-state index in [0.717, 1.165) is 73.3 Å². The minimum absolute atomic E-state index is 0.150. The molecule has 0 atom stereocenters. The minimum Gasteiger partial charge on any atom is -0.353 e. The van der Waals surface area contributed by atoms with Crippen molar-refractivity contribution in [2.45, 2.75) is 56.8 Å². The molecule has 214 valence electrons. The van der Waals surface area contributed by atoms with Crippen molar-refractivity contribution in [2.24, 2.45) is 0 Å². The van der Waals surface area contributed by atoms with Crippen LogP contribution in [0.25, 0.3) is 17.1 Å². The van der Waals surface area contributed by atoms with Crippen LogP contribution >= 0.6 is 35.0 Å². The van der Waals surface area contributed by atoms with Crippen LogP contribution in [-0.2, 0) is 11.3 Å². The number of hydrogen-bond acceptors (Lipinski definition) is 5. The van der Waals surface area contributed by atoms with Gasteiger partial charge < -0.3 is 5.32 Å². The summed E-state index contributed by atoms with van der Waals surface area (Å²) in [6, 6.07) is 24.6. The number of aryl methyl sites for hydroxylation is 1. The Kier molecular flexibility index (Phi) is 10.4. The maximum absolute atomic E-state index is 12.6. The smallest absolute Gasteiger partial charge is 0.220 e. The molecule has 0 aliphatic carbocycles. The fourth-order valence-electron chi connectivity index (χ4n) is 5.04. The van der Waals surface area contributed by atoms with Crippen LogP contribution in [0.3, 0.4) is 0 Å². The zero-order valence-corrected chi connectivity index (χ0v) is 25.6. The lowest BCUT2D eigenvalue weighted by molar-refractivity contribution is -0.122. The molecule has 1 aliphatic rings. The summed E-state index contributed by atoms with van der Waals surface area (Å²) < 4.78 is 2.02. The molecule has 6 nitrogen and oxygen atoms in total. The molecule has 0 radical (unpaired) electrons. The van der Waals surface area contributed by atoms with Crippen LogP contribution in [0.4, 0.5) is 0 Å². The van der Waals surface area contributed by atoms with Crippen LogP contribution in [0.5, 0.6) is 0 Å². The van der Waals surface area contributed by atoms with E-state index in [-0.39, 0.29) is 11.9 Å². The zero-order valence-electron chi connectivity index (χ0n) is 23.2. The molecule has 4 aromatic rings. The number of rotatable bonds is 11. The molecule has 0 spiro atoms. The first-order valence-electron chi connectivity index (χ1n) is 14.1. The Morgan fingerprint density at radius 3 is 2.44 bits per heavy atom. The molecular formula is C32H35Cl2N5OS. The van der Waals surface area contributed by atoms with E-state index < -0.39 is 0 Å². The Morgan fingerprint density at radius 2 is 1.71 bits per heavy atom. The maximum Gasteiger partial charge on any atom is 0.220 e. The van der Waals surface area contributed by atoms with Crippen LogP contribution in [-0.4, -0.2) is 50.5 Å². The third-order valence-electron chi connectivity index (χ3n) is 7.34. The second kappa shape index (κ2) is 14.4. The van der Waals surface area contributed by atoms with E-state index in [1.54, 1.807) is 17.8 Å². The van der Waals surface area contributed by atoms with Gasteiger partial charge in [0, 0.05) is 43.4 Å². The van der Waals surface area contributed by atoms with Crippen molar-refractivity contribution in [1.29, 1.82) is 0 Å². The van der Waals surface area contributed by atoms with Gasteiger partial charge in [-0.05, 0) is 56.4 Å². The lowest BCUT2D eigenvalue weighted by Crippen LogP contribution is -2.44. The molecule has 0 bridgehead atoms. The number of unbranched alkanes of at least 4 members (excludes halogenated alkanes) is 1. The van der Waals surface area contributed by atoms with E-state index in [2.05, 4.69) is 69.8 Å². The summed E-state index contributed by atoms with van der Waals surface area (Å²) in [6.07, 6.45) is 4.28. The minimum atomic E-state index is 0.150. The lowest BCUT2D eigenvalue weighted by atomic mass is 10.0. The Hall–Kier alpha value is -2.84. The number of amides is 1. The molecule has 1 fully saturated rings. The fourth-order valence-corrected chi connectivity index (χ4v) is 6.28.